The zero-order valence-electron chi connectivity index (χ0n) is 10.4. The molecule has 0 spiro atoms. The van der Waals surface area contributed by atoms with Gasteiger partial charge < -0.3 is 4.98 Å². The molecule has 2 rings (SSSR count). The van der Waals surface area contributed by atoms with Crippen LogP contribution in [0.5, 0.6) is 0 Å². The van der Waals surface area contributed by atoms with Crippen LogP contribution in [0.1, 0.15) is 12.2 Å². The van der Waals surface area contributed by atoms with Gasteiger partial charge in [-0.1, -0.05) is 0 Å². The minimum atomic E-state index is -3.68. The lowest BCUT2D eigenvalue weighted by Crippen LogP contribution is -2.25. The highest BCUT2D eigenvalue weighted by atomic mass is 79.9. The van der Waals surface area contributed by atoms with E-state index >= 15 is 0 Å². The van der Waals surface area contributed by atoms with Gasteiger partial charge in [-0.05, 0) is 40.5 Å². The van der Waals surface area contributed by atoms with Crippen LogP contribution in [0.25, 0.3) is 0 Å². The van der Waals surface area contributed by atoms with Gasteiger partial charge in [0, 0.05) is 25.4 Å². The van der Waals surface area contributed by atoms with Gasteiger partial charge in [0.15, 0.2) is 0 Å². The monoisotopic (exact) mass is 361 g/mol. The summed E-state index contributed by atoms with van der Waals surface area (Å²) in [6.45, 7) is 0.265. The fourth-order valence-corrected chi connectivity index (χ4v) is 2.96. The molecule has 8 heteroatoms. The summed E-state index contributed by atoms with van der Waals surface area (Å²) >= 11 is 2.98. The number of aromatic nitrogens is 2. The number of aromatic amines is 1. The van der Waals surface area contributed by atoms with Crippen LogP contribution in [-0.2, 0) is 16.4 Å². The van der Waals surface area contributed by atoms with Crippen LogP contribution in [0.4, 0.5) is 4.39 Å². The molecular weight excluding hydrogens is 349 g/mol. The van der Waals surface area contributed by atoms with E-state index in [4.69, 9.17) is 0 Å². The smallest absolute Gasteiger partial charge is 0.240 e. The summed E-state index contributed by atoms with van der Waals surface area (Å²) in [5.74, 6) is 0.197. The molecule has 0 atom stereocenters. The lowest BCUT2D eigenvalue weighted by atomic mass is 10.3. The Hall–Kier alpha value is -1.25. The van der Waals surface area contributed by atoms with E-state index in [1.54, 1.807) is 12.4 Å². The molecule has 1 aromatic heterocycles. The average Bonchev–Trinajstić information content (AvgIpc) is 2.91. The topological polar surface area (TPSA) is 74.8 Å². The molecule has 0 fully saturated rings. The fraction of sp³-hybridized carbons (Fsp3) is 0.250. The fourth-order valence-electron chi connectivity index (χ4n) is 1.62. The molecule has 0 radical (unpaired) electrons. The quantitative estimate of drug-likeness (QED) is 0.774. The number of H-pyrrole nitrogens is 1. The first-order chi connectivity index (χ1) is 9.49. The van der Waals surface area contributed by atoms with Crippen LogP contribution in [0.3, 0.4) is 0 Å². The van der Waals surface area contributed by atoms with Crippen LogP contribution in [0, 0.1) is 5.82 Å². The molecule has 108 valence electrons. The first-order valence-corrected chi connectivity index (χ1v) is 8.19. The van der Waals surface area contributed by atoms with Crippen LogP contribution in [0.15, 0.2) is 40.0 Å². The van der Waals surface area contributed by atoms with Crippen molar-refractivity contribution in [1.29, 1.82) is 0 Å². The van der Waals surface area contributed by atoms with Crippen molar-refractivity contribution >= 4 is 26.0 Å². The second-order valence-electron chi connectivity index (χ2n) is 4.11. The largest absolute Gasteiger partial charge is 0.349 e. The third-order valence-corrected chi connectivity index (χ3v) is 4.74. The van der Waals surface area contributed by atoms with Crippen LogP contribution in [0.2, 0.25) is 0 Å². The second kappa shape index (κ2) is 6.47. The van der Waals surface area contributed by atoms with E-state index < -0.39 is 15.8 Å². The number of benzene rings is 1. The van der Waals surface area contributed by atoms with E-state index in [0.29, 0.717) is 12.8 Å². The molecule has 0 amide bonds. The third-order valence-electron chi connectivity index (χ3n) is 2.64. The molecule has 1 aromatic carbocycles. The van der Waals surface area contributed by atoms with Crippen molar-refractivity contribution < 1.29 is 12.8 Å². The molecule has 1 heterocycles. The van der Waals surface area contributed by atoms with E-state index in [9.17, 15) is 12.8 Å². The number of hydrogen-bond donors (Lipinski definition) is 2. The van der Waals surface area contributed by atoms with Crippen molar-refractivity contribution in [1.82, 2.24) is 14.7 Å². The van der Waals surface area contributed by atoms with Gasteiger partial charge in [-0.25, -0.2) is 22.5 Å². The molecule has 20 heavy (non-hydrogen) atoms. The first-order valence-electron chi connectivity index (χ1n) is 5.92. The summed E-state index contributed by atoms with van der Waals surface area (Å²) in [5, 5.41) is 0. The number of nitrogens with zero attached hydrogens (tertiary/aromatic N) is 1. The lowest BCUT2D eigenvalue weighted by Gasteiger charge is -2.07. The van der Waals surface area contributed by atoms with Gasteiger partial charge in [0.2, 0.25) is 10.0 Å². The highest BCUT2D eigenvalue weighted by Crippen LogP contribution is 2.19. The van der Waals surface area contributed by atoms with E-state index in [2.05, 4.69) is 30.6 Å². The highest BCUT2D eigenvalue weighted by molar-refractivity contribution is 9.10. The van der Waals surface area contributed by atoms with Crippen molar-refractivity contribution in [2.24, 2.45) is 0 Å². The molecule has 0 aliphatic heterocycles. The summed E-state index contributed by atoms with van der Waals surface area (Å²) in [6, 6.07) is 3.70. The Balaban J connectivity index is 1.92. The van der Waals surface area contributed by atoms with Crippen molar-refractivity contribution in [2.45, 2.75) is 17.7 Å². The Morgan fingerprint density at radius 1 is 1.40 bits per heavy atom. The second-order valence-corrected chi connectivity index (χ2v) is 6.73. The predicted octanol–water partition coefficient (Wildman–Crippen LogP) is 2.22. The zero-order valence-corrected chi connectivity index (χ0v) is 12.8. The van der Waals surface area contributed by atoms with E-state index in [1.165, 1.54) is 12.1 Å². The summed E-state index contributed by atoms with van der Waals surface area (Å²) in [5.41, 5.74) is 0. The Kier molecular flexibility index (Phi) is 4.90. The van der Waals surface area contributed by atoms with Crippen molar-refractivity contribution in [3.63, 3.8) is 0 Å². The third kappa shape index (κ3) is 3.87. The number of rotatable bonds is 6. The molecule has 0 saturated carbocycles. The summed E-state index contributed by atoms with van der Waals surface area (Å²) in [6.07, 6.45) is 4.60. The molecule has 0 aliphatic rings. The lowest BCUT2D eigenvalue weighted by molar-refractivity contribution is 0.574. The number of hydrogen-bond acceptors (Lipinski definition) is 3. The molecule has 0 bridgehead atoms. The van der Waals surface area contributed by atoms with E-state index in [0.717, 1.165) is 11.9 Å². The van der Waals surface area contributed by atoms with Gasteiger partial charge in [-0.3, -0.25) is 0 Å². The predicted molar refractivity (Wildman–Crippen MR) is 76.2 cm³/mol. The SMILES string of the molecule is O=S(=O)(NCCCc1ncc[nH]1)c1ccc(Br)c(F)c1. The molecule has 2 aromatic rings. The minimum absolute atomic E-state index is 0.0869. The molecule has 0 saturated heterocycles. The van der Waals surface area contributed by atoms with Gasteiger partial charge in [-0.15, -0.1) is 0 Å². The van der Waals surface area contributed by atoms with Gasteiger partial charge in [0.05, 0.1) is 9.37 Å². The van der Waals surface area contributed by atoms with Gasteiger partial charge >= 0.3 is 0 Å². The first kappa shape index (κ1) is 15.1. The average molecular weight is 362 g/mol. The Bertz CT molecular complexity index is 674. The van der Waals surface area contributed by atoms with Crippen molar-refractivity contribution in [3.05, 3.63) is 46.7 Å². The molecule has 5 nitrogen and oxygen atoms in total. The molecular formula is C12H13BrFN3O2S. The van der Waals surface area contributed by atoms with E-state index in [-0.39, 0.29) is 15.9 Å². The Morgan fingerprint density at radius 2 is 2.20 bits per heavy atom. The summed E-state index contributed by atoms with van der Waals surface area (Å²) in [4.78, 5) is 6.89. The normalized spacial score (nSPS) is 11.7. The molecule has 2 N–H and O–H groups in total. The maximum absolute atomic E-state index is 13.3. The van der Waals surface area contributed by atoms with Crippen LogP contribution < -0.4 is 4.72 Å². The number of imidazole rings is 1. The van der Waals surface area contributed by atoms with Crippen LogP contribution in [-0.4, -0.2) is 24.9 Å². The summed E-state index contributed by atoms with van der Waals surface area (Å²) < 4.78 is 39.9. The van der Waals surface area contributed by atoms with Crippen molar-refractivity contribution in [2.75, 3.05) is 6.54 Å². The molecule has 0 aliphatic carbocycles. The number of halogens is 2. The molecule has 0 unspecified atom stereocenters. The van der Waals surface area contributed by atoms with Gasteiger partial charge in [0.1, 0.15) is 11.6 Å². The van der Waals surface area contributed by atoms with Crippen molar-refractivity contribution in [3.8, 4) is 0 Å². The standard InChI is InChI=1S/C12H13BrFN3O2S/c13-10-4-3-9(8-11(10)14)20(18,19)17-5-1-2-12-15-6-7-16-12/h3-4,6-8,17H,1-2,5H2,(H,15,16). The Morgan fingerprint density at radius 3 is 2.85 bits per heavy atom. The minimum Gasteiger partial charge on any atom is -0.349 e. The van der Waals surface area contributed by atoms with Gasteiger partial charge in [0.25, 0.3) is 0 Å². The Labute approximate surface area is 124 Å². The highest BCUT2D eigenvalue weighted by Gasteiger charge is 2.15. The number of aryl methyl sites for hydroxylation is 1. The maximum atomic E-state index is 13.3. The van der Waals surface area contributed by atoms with E-state index in [1.807, 2.05) is 0 Å². The number of nitrogens with one attached hydrogen (secondary N) is 2. The van der Waals surface area contributed by atoms with Crippen LogP contribution >= 0.6 is 15.9 Å². The zero-order chi connectivity index (χ0) is 14.6. The maximum Gasteiger partial charge on any atom is 0.240 e. The number of sulfonamides is 1. The summed E-state index contributed by atoms with van der Waals surface area (Å²) in [7, 11) is -3.68. The van der Waals surface area contributed by atoms with Gasteiger partial charge in [-0.2, -0.15) is 0 Å².